The second kappa shape index (κ2) is 16.3. The minimum absolute atomic E-state index is 0.0820. The van der Waals surface area contributed by atoms with Gasteiger partial charge in [0.2, 0.25) is 11.8 Å². The molecule has 14 heteroatoms. The predicted molar refractivity (Wildman–Crippen MR) is 246 cm³/mol. The molecular weight excluding hydrogens is 833 g/mol. The minimum atomic E-state index is -0.443. The average Bonchev–Trinajstić information content (AvgIpc) is 4.09. The van der Waals surface area contributed by atoms with Crippen molar-refractivity contribution in [3.05, 3.63) is 118 Å². The van der Waals surface area contributed by atoms with Crippen LogP contribution in [0.15, 0.2) is 61.2 Å². The van der Waals surface area contributed by atoms with Crippen LogP contribution in [0.1, 0.15) is 157 Å². The van der Waals surface area contributed by atoms with E-state index in [9.17, 15) is 9.59 Å². The van der Waals surface area contributed by atoms with Gasteiger partial charge >= 0.3 is 11.9 Å². The van der Waals surface area contributed by atoms with Gasteiger partial charge in [0.05, 0.1) is 46.5 Å². The highest BCUT2D eigenvalue weighted by Crippen LogP contribution is 2.48. The Morgan fingerprint density at radius 1 is 0.561 bits per heavy atom. The number of aromatic nitrogens is 6. The molecule has 2 aliphatic heterocycles. The fraction of sp³-hybridized carbons (Fsp3) is 0.462. The summed E-state index contributed by atoms with van der Waals surface area (Å²) in [7, 11) is 0. The number of ether oxygens (including phenoxy) is 4. The van der Waals surface area contributed by atoms with Crippen molar-refractivity contribution in [1.29, 1.82) is 0 Å². The summed E-state index contributed by atoms with van der Waals surface area (Å²) in [5.74, 6) is 1.79. The van der Waals surface area contributed by atoms with E-state index < -0.39 is 11.1 Å². The normalized spacial score (nSPS) is 21.9. The number of nitrogens with zero attached hydrogens (tertiary/aromatic N) is 6. The van der Waals surface area contributed by atoms with E-state index in [4.69, 9.17) is 50.4 Å². The van der Waals surface area contributed by atoms with Gasteiger partial charge < -0.3 is 30.4 Å². The van der Waals surface area contributed by atoms with Crippen LogP contribution >= 0.6 is 0 Å². The number of fused-ring (bicyclic) bond motifs is 4. The lowest BCUT2D eigenvalue weighted by Crippen LogP contribution is -2.35. The highest BCUT2D eigenvalue weighted by Gasteiger charge is 2.43. The number of esters is 2. The maximum Gasteiger partial charge on any atom is 0.340 e. The zero-order valence-electron chi connectivity index (χ0n) is 38.0. The summed E-state index contributed by atoms with van der Waals surface area (Å²) < 4.78 is 22.6. The molecule has 12 rings (SSSR count). The molecule has 4 atom stereocenters. The summed E-state index contributed by atoms with van der Waals surface area (Å²) in [6, 6.07) is 11.6. The van der Waals surface area contributed by atoms with E-state index in [1.54, 1.807) is 0 Å². The lowest BCUT2D eigenvalue weighted by Gasteiger charge is -2.27. The molecule has 14 nitrogen and oxygen atoms in total. The maximum absolute atomic E-state index is 12.0. The maximum atomic E-state index is 12.0. The summed E-state index contributed by atoms with van der Waals surface area (Å²) in [6.45, 7) is 9.00. The van der Waals surface area contributed by atoms with Crippen molar-refractivity contribution >= 4 is 33.5 Å². The number of cyclic esters (lactones) is 2. The van der Waals surface area contributed by atoms with Crippen LogP contribution in [0.4, 0.5) is 0 Å². The van der Waals surface area contributed by atoms with E-state index in [1.807, 2.05) is 62.9 Å². The van der Waals surface area contributed by atoms with Gasteiger partial charge in [-0.3, -0.25) is 19.9 Å². The first-order valence-electron chi connectivity index (χ1n) is 23.6. The first kappa shape index (κ1) is 42.5. The van der Waals surface area contributed by atoms with Gasteiger partial charge in [-0.05, 0) is 135 Å². The molecule has 4 aliphatic carbocycles. The zero-order chi connectivity index (χ0) is 45.5. The van der Waals surface area contributed by atoms with Gasteiger partial charge in [-0.2, -0.15) is 0 Å². The first-order valence-corrected chi connectivity index (χ1v) is 23.6. The summed E-state index contributed by atoms with van der Waals surface area (Å²) in [5.41, 5.74) is 21.1. The zero-order valence-corrected chi connectivity index (χ0v) is 38.0. The number of nitrogens with two attached hydrogens (primary N) is 2. The van der Waals surface area contributed by atoms with Crippen molar-refractivity contribution in [2.75, 3.05) is 13.2 Å². The second-order valence-corrected chi connectivity index (χ2v) is 20.0. The molecule has 0 aromatic carbocycles. The largest absolute Gasteiger partial charge is 0.474 e. The Kier molecular flexibility index (Phi) is 10.5. The van der Waals surface area contributed by atoms with E-state index in [1.165, 1.54) is 0 Å². The molecule has 0 unspecified atom stereocenters. The van der Waals surface area contributed by atoms with Crippen molar-refractivity contribution in [2.24, 2.45) is 23.3 Å². The molecule has 4 N–H and O–H groups in total. The van der Waals surface area contributed by atoms with Crippen molar-refractivity contribution in [3.63, 3.8) is 0 Å². The molecule has 6 aliphatic rings. The number of hydrogen-bond acceptors (Lipinski definition) is 14. The Morgan fingerprint density at radius 3 is 1.35 bits per heavy atom. The van der Waals surface area contributed by atoms with Gasteiger partial charge in [-0.25, -0.2) is 19.6 Å². The summed E-state index contributed by atoms with van der Waals surface area (Å²) in [6.07, 6.45) is 18.0. The Bertz CT molecular complexity index is 2720. The van der Waals surface area contributed by atoms with Gasteiger partial charge in [-0.15, -0.1) is 0 Å². The fourth-order valence-corrected chi connectivity index (χ4v) is 9.45. The summed E-state index contributed by atoms with van der Waals surface area (Å²) in [5, 5.41) is 3.93. The molecule has 0 saturated heterocycles. The van der Waals surface area contributed by atoms with Crippen LogP contribution in [0.2, 0.25) is 0 Å². The van der Waals surface area contributed by atoms with Crippen LogP contribution in [0, 0.1) is 11.8 Å². The van der Waals surface area contributed by atoms with Crippen LogP contribution in [-0.4, -0.2) is 67.3 Å². The van der Waals surface area contributed by atoms with Crippen LogP contribution in [0.25, 0.3) is 21.5 Å². The lowest BCUT2D eigenvalue weighted by atomic mass is 9.86. The predicted octanol–water partition coefficient (Wildman–Crippen LogP) is 8.03. The molecule has 0 spiro atoms. The average molecular weight is 889 g/mol. The van der Waals surface area contributed by atoms with Crippen LogP contribution < -0.4 is 20.9 Å². The van der Waals surface area contributed by atoms with Gasteiger partial charge in [0.15, 0.2) is 0 Å². The highest BCUT2D eigenvalue weighted by atomic mass is 16.5. The standard InChI is InChI=1S/2C26H28N4O3/c2*1-14-13-32-25(31)19-8-5-16(30-23(14)19)9-17-10-20-21(11-28-17)24(33-18-6-7-18)29-12-22(20)26(2,27)15-3-4-15/h2*5,8,10-12,14-15,18H,3-4,6-7,9,13,27H2,1-2H3/t14-,26+;14-,26-/m01/s1. The first-order chi connectivity index (χ1) is 31.8. The second-order valence-electron chi connectivity index (χ2n) is 20.0. The molecule has 4 fully saturated rings. The molecule has 6 aromatic rings. The van der Waals surface area contributed by atoms with Crippen LogP contribution in [-0.2, 0) is 33.4 Å². The third-order valence-electron chi connectivity index (χ3n) is 14.2. The van der Waals surface area contributed by atoms with Crippen molar-refractivity contribution in [1.82, 2.24) is 29.9 Å². The molecule has 0 amide bonds. The van der Waals surface area contributed by atoms with Crippen LogP contribution in [0.5, 0.6) is 11.8 Å². The Morgan fingerprint density at radius 2 is 0.970 bits per heavy atom. The lowest BCUT2D eigenvalue weighted by molar-refractivity contribution is 0.0435. The monoisotopic (exact) mass is 888 g/mol. The van der Waals surface area contributed by atoms with E-state index in [0.29, 0.717) is 60.8 Å². The van der Waals surface area contributed by atoms with Gasteiger partial charge in [0.1, 0.15) is 12.2 Å². The number of hydrogen-bond donors (Lipinski definition) is 2. The Hall–Kier alpha value is -6.12. The Balaban J connectivity index is 0.000000146. The summed E-state index contributed by atoms with van der Waals surface area (Å²) in [4.78, 5) is 52.4. The van der Waals surface area contributed by atoms with Crippen molar-refractivity contribution < 1.29 is 28.5 Å². The van der Waals surface area contributed by atoms with E-state index in [-0.39, 0.29) is 36.0 Å². The fourth-order valence-electron chi connectivity index (χ4n) is 9.45. The quantitative estimate of drug-likeness (QED) is 0.112. The topological polar surface area (TPSA) is 200 Å². The van der Waals surface area contributed by atoms with Gasteiger partial charge in [0.25, 0.3) is 0 Å². The number of carbonyl (C=O) groups excluding carboxylic acids is 2. The van der Waals surface area contributed by atoms with Gasteiger partial charge in [0, 0.05) is 83.3 Å². The third kappa shape index (κ3) is 8.34. The molecule has 4 saturated carbocycles. The van der Waals surface area contributed by atoms with E-state index in [0.717, 1.165) is 118 Å². The minimum Gasteiger partial charge on any atom is -0.474 e. The Labute approximate surface area is 383 Å². The molecule has 0 radical (unpaired) electrons. The van der Waals surface area contributed by atoms with E-state index >= 15 is 0 Å². The molecule has 6 aromatic heterocycles. The highest BCUT2D eigenvalue weighted by molar-refractivity contribution is 5.93. The molecular formula is C52H56N8O6. The molecule has 0 bridgehead atoms. The number of rotatable bonds is 12. The molecule has 340 valence electrons. The molecule has 8 heterocycles. The number of pyridine rings is 6. The smallest absolute Gasteiger partial charge is 0.340 e. The molecule has 66 heavy (non-hydrogen) atoms. The van der Waals surface area contributed by atoms with Crippen molar-refractivity contribution in [2.45, 2.75) is 127 Å². The van der Waals surface area contributed by atoms with E-state index in [2.05, 4.69) is 35.9 Å². The summed E-state index contributed by atoms with van der Waals surface area (Å²) >= 11 is 0. The SMILES string of the molecule is C[C@@H]1COC(=O)c2ccc(Cc3cc4c([C@](C)(N)C5CC5)cnc(OC5CC5)c4cn3)nc21.C[C@H]1COC(=O)c2ccc(Cc3cc4c([C@](C)(N)C5CC5)cnc(OC5CC5)c4cn3)nc21. The van der Waals surface area contributed by atoms with Gasteiger partial charge in [-0.1, -0.05) is 13.8 Å². The third-order valence-corrected chi connectivity index (χ3v) is 14.2. The number of carbonyl (C=O) groups is 2. The van der Waals surface area contributed by atoms with Crippen molar-refractivity contribution in [3.8, 4) is 11.8 Å². The van der Waals surface area contributed by atoms with Crippen LogP contribution in [0.3, 0.4) is 0 Å².